The minimum Gasteiger partial charge on any atom is -0.504 e. The third-order valence-electron chi connectivity index (χ3n) is 3.52. The first-order valence-electron chi connectivity index (χ1n) is 7.98. The summed E-state index contributed by atoms with van der Waals surface area (Å²) in [5.41, 5.74) is 0. The smallest absolute Gasteiger partial charge is 0.452 e. The van der Waals surface area contributed by atoms with Crippen LogP contribution in [0, 0.1) is 0 Å². The van der Waals surface area contributed by atoms with Gasteiger partial charge in [0, 0.05) is 0 Å². The van der Waals surface area contributed by atoms with Crippen LogP contribution in [0.5, 0.6) is 0 Å². The molecule has 0 aromatic carbocycles. The molecule has 21 heavy (non-hydrogen) atoms. The van der Waals surface area contributed by atoms with Gasteiger partial charge in [-0.15, -0.1) is 0 Å². The maximum absolute atomic E-state index is 11.5. The Labute approximate surface area is 128 Å². The van der Waals surface area contributed by atoms with E-state index in [-0.39, 0.29) is 6.10 Å². The number of ether oxygens (including phenoxy) is 1. The van der Waals surface area contributed by atoms with E-state index in [1.165, 1.54) is 6.42 Å². The Morgan fingerprint density at radius 1 is 1.00 bits per heavy atom. The number of carbonyl (C=O) groups excluding carboxylic acids is 2. The predicted octanol–water partition coefficient (Wildman–Crippen LogP) is 4.59. The topological polar surface area (TPSA) is 77.3 Å². The molecule has 0 heterocycles. The summed E-state index contributed by atoms with van der Waals surface area (Å²) in [7, 11) is -1.55. The van der Waals surface area contributed by atoms with Gasteiger partial charge in [0.05, 0.1) is 0 Å². The first kappa shape index (κ1) is 17.8. The zero-order valence-corrected chi connectivity index (χ0v) is 14.2. The van der Waals surface area contributed by atoms with Gasteiger partial charge in [0.1, 0.15) is 6.10 Å². The molecule has 0 unspecified atom stereocenters. The molecule has 7 heteroatoms. The van der Waals surface area contributed by atoms with E-state index in [1.807, 2.05) is 0 Å². The summed E-state index contributed by atoms with van der Waals surface area (Å²) in [5, 5.41) is 6.62. The molecular weight excluding hydrogens is 288 g/mol. The van der Waals surface area contributed by atoms with E-state index in [1.54, 1.807) is 0 Å². The Morgan fingerprint density at radius 3 is 2.14 bits per heavy atom. The number of azo groups is 1. The van der Waals surface area contributed by atoms with Crippen molar-refractivity contribution in [2.45, 2.75) is 77.0 Å². The second-order valence-electron chi connectivity index (χ2n) is 5.43. The summed E-state index contributed by atoms with van der Waals surface area (Å²) in [6.45, 7) is 4.12. The van der Waals surface area contributed by atoms with Crippen molar-refractivity contribution in [3.63, 3.8) is 0 Å². The number of nitrogens with zero attached hydrogens (tertiary/aromatic N) is 2. The van der Waals surface area contributed by atoms with Crippen molar-refractivity contribution in [3.8, 4) is 0 Å². The van der Waals surface area contributed by atoms with Crippen LogP contribution in [0.15, 0.2) is 10.2 Å². The Bertz CT molecular complexity index is 351. The fourth-order valence-corrected chi connectivity index (χ4v) is 4.65. The minimum atomic E-state index is -1.55. The quantitative estimate of drug-likeness (QED) is 0.530. The molecule has 0 radical (unpaired) electrons. The van der Waals surface area contributed by atoms with Gasteiger partial charge in [-0.2, -0.15) is 0 Å². The van der Waals surface area contributed by atoms with E-state index >= 15 is 0 Å². The second-order valence-corrected chi connectivity index (χ2v) is 8.06. The van der Waals surface area contributed by atoms with Crippen LogP contribution in [0.2, 0.25) is 12.1 Å². The van der Waals surface area contributed by atoms with Gasteiger partial charge in [0.15, 0.2) is 0 Å². The van der Waals surface area contributed by atoms with E-state index in [4.69, 9.17) is 9.16 Å². The summed E-state index contributed by atoms with van der Waals surface area (Å²) in [4.78, 5) is 23.0. The number of amides is 2. The first-order chi connectivity index (χ1) is 10.2. The highest BCUT2D eigenvalue weighted by atomic mass is 28.3. The van der Waals surface area contributed by atoms with Crippen LogP contribution in [0.25, 0.3) is 0 Å². The molecule has 0 aromatic rings. The fraction of sp³-hybridized carbons (Fsp3) is 0.857. The maximum Gasteiger partial charge on any atom is 0.452 e. The van der Waals surface area contributed by atoms with Crippen molar-refractivity contribution >= 4 is 21.2 Å². The third-order valence-corrected chi connectivity index (χ3v) is 6.50. The van der Waals surface area contributed by atoms with Gasteiger partial charge in [-0.25, -0.2) is 9.59 Å². The van der Waals surface area contributed by atoms with Crippen LogP contribution in [0.3, 0.4) is 0 Å². The summed E-state index contributed by atoms with van der Waals surface area (Å²) < 4.78 is 10.4. The minimum absolute atomic E-state index is 0.0801. The summed E-state index contributed by atoms with van der Waals surface area (Å²) in [6, 6.07) is 1.86. The highest BCUT2D eigenvalue weighted by molar-refractivity contribution is 6.53. The normalized spacial score (nSPS) is 16.3. The van der Waals surface area contributed by atoms with Crippen LogP contribution in [0.1, 0.15) is 58.8 Å². The Balaban J connectivity index is 2.32. The molecule has 0 aromatic heterocycles. The summed E-state index contributed by atoms with van der Waals surface area (Å²) in [6.07, 6.45) is 5.41. The summed E-state index contributed by atoms with van der Waals surface area (Å²) >= 11 is 0. The summed E-state index contributed by atoms with van der Waals surface area (Å²) in [5.74, 6) is 0. The average Bonchev–Trinajstić information content (AvgIpc) is 2.47. The Kier molecular flexibility index (Phi) is 8.89. The zero-order valence-electron chi connectivity index (χ0n) is 13.0. The van der Waals surface area contributed by atoms with Crippen molar-refractivity contribution in [1.82, 2.24) is 0 Å². The van der Waals surface area contributed by atoms with Crippen LogP contribution in [-0.4, -0.2) is 27.3 Å². The van der Waals surface area contributed by atoms with Crippen LogP contribution in [-0.2, 0) is 9.16 Å². The lowest BCUT2D eigenvalue weighted by molar-refractivity contribution is 0.0817. The van der Waals surface area contributed by atoms with Crippen LogP contribution >= 0.6 is 0 Å². The number of carbonyl (C=O) groups is 2. The van der Waals surface area contributed by atoms with E-state index in [0.29, 0.717) is 0 Å². The van der Waals surface area contributed by atoms with Gasteiger partial charge in [0.2, 0.25) is 9.04 Å². The largest absolute Gasteiger partial charge is 0.504 e. The molecule has 120 valence electrons. The maximum atomic E-state index is 11.5. The number of rotatable bonds is 6. The fourth-order valence-electron chi connectivity index (χ4n) is 2.50. The van der Waals surface area contributed by atoms with Gasteiger partial charge < -0.3 is 9.16 Å². The monoisotopic (exact) mass is 314 g/mol. The van der Waals surface area contributed by atoms with Gasteiger partial charge in [-0.05, 0) is 37.8 Å². The molecule has 2 amide bonds. The molecule has 1 fully saturated rings. The first-order valence-corrected chi connectivity index (χ1v) is 10.1. The van der Waals surface area contributed by atoms with Crippen molar-refractivity contribution in [3.05, 3.63) is 0 Å². The molecule has 6 nitrogen and oxygen atoms in total. The molecule has 0 spiro atoms. The molecule has 0 bridgehead atoms. The van der Waals surface area contributed by atoms with Gasteiger partial charge in [-0.3, -0.25) is 0 Å². The zero-order chi connectivity index (χ0) is 15.5. The molecule has 0 N–H and O–H groups in total. The molecule has 1 aliphatic carbocycles. The van der Waals surface area contributed by atoms with Crippen LogP contribution < -0.4 is 0 Å². The van der Waals surface area contributed by atoms with Crippen molar-refractivity contribution in [2.75, 3.05) is 0 Å². The lowest BCUT2D eigenvalue weighted by Gasteiger charge is -2.20. The SMILES string of the molecule is CCC[SiH](CCC)OC(=O)N=NC(=O)OC1CCCCC1. The van der Waals surface area contributed by atoms with Crippen molar-refractivity contribution in [1.29, 1.82) is 0 Å². The third kappa shape index (κ3) is 7.94. The lowest BCUT2D eigenvalue weighted by atomic mass is 9.98. The van der Waals surface area contributed by atoms with E-state index in [0.717, 1.165) is 50.6 Å². The standard InChI is InChI=1S/C14H26N2O4Si/c1-3-10-21(11-4-2)20-14(18)16-15-13(17)19-12-8-6-5-7-9-12/h12,21H,3-11H2,1-2H3. The van der Waals surface area contributed by atoms with Gasteiger partial charge in [0.25, 0.3) is 0 Å². The van der Waals surface area contributed by atoms with E-state index < -0.39 is 21.2 Å². The predicted molar refractivity (Wildman–Crippen MR) is 82.0 cm³/mol. The van der Waals surface area contributed by atoms with Gasteiger partial charge >= 0.3 is 12.2 Å². The average molecular weight is 314 g/mol. The number of hydrogen-bond acceptors (Lipinski definition) is 4. The molecule has 0 atom stereocenters. The Morgan fingerprint density at radius 2 is 1.57 bits per heavy atom. The van der Waals surface area contributed by atoms with Crippen molar-refractivity contribution in [2.24, 2.45) is 10.2 Å². The highest BCUT2D eigenvalue weighted by Gasteiger charge is 2.18. The van der Waals surface area contributed by atoms with E-state index in [9.17, 15) is 9.59 Å². The number of hydrogen-bond donors (Lipinski definition) is 0. The highest BCUT2D eigenvalue weighted by Crippen LogP contribution is 2.20. The lowest BCUT2D eigenvalue weighted by Crippen LogP contribution is -2.21. The molecule has 0 aliphatic heterocycles. The van der Waals surface area contributed by atoms with Crippen LogP contribution in [0.4, 0.5) is 9.59 Å². The molecule has 1 aliphatic rings. The van der Waals surface area contributed by atoms with Crippen molar-refractivity contribution < 1.29 is 18.8 Å². The van der Waals surface area contributed by atoms with E-state index in [2.05, 4.69) is 24.1 Å². The Hall–Kier alpha value is -1.24. The molecular formula is C14H26N2O4Si. The second kappa shape index (κ2) is 10.5. The molecule has 1 rings (SSSR count). The molecule has 0 saturated heterocycles. The van der Waals surface area contributed by atoms with Gasteiger partial charge in [-0.1, -0.05) is 43.3 Å². The molecule has 1 saturated carbocycles.